The quantitative estimate of drug-likeness (QED) is 0.359. The summed E-state index contributed by atoms with van der Waals surface area (Å²) in [7, 11) is 9.67. The Labute approximate surface area is 84.3 Å². The van der Waals surface area contributed by atoms with E-state index in [9.17, 15) is 0 Å². The Kier molecular flexibility index (Phi) is 11.3. The molecule has 1 rings (SSSR count). The first-order chi connectivity index (χ1) is 5.41. The first kappa shape index (κ1) is 11.7. The van der Waals surface area contributed by atoms with Crippen LogP contribution in [0.1, 0.15) is 25.7 Å². The van der Waals surface area contributed by atoms with E-state index in [4.69, 9.17) is 19.4 Å². The summed E-state index contributed by atoms with van der Waals surface area (Å²) in [6.45, 7) is 0. The fourth-order valence-electron chi connectivity index (χ4n) is 0.786. The zero-order valence-corrected chi connectivity index (χ0v) is 9.30. The van der Waals surface area contributed by atoms with Gasteiger partial charge in [0, 0.05) is 0 Å². The minimum atomic E-state index is -0.226. The molecule has 0 radical (unpaired) electrons. The van der Waals surface area contributed by atoms with E-state index in [1.54, 1.807) is 0 Å². The predicted octanol–water partition coefficient (Wildman–Crippen LogP) is 3.85. The average Bonchev–Trinajstić information content (AvgIpc) is 1.86. The monoisotopic (exact) mass is 280 g/mol. The van der Waals surface area contributed by atoms with Crippen LogP contribution in [0.4, 0.5) is 0 Å². The average molecular weight is 281 g/mol. The third kappa shape index (κ3) is 10.7. The summed E-state index contributed by atoms with van der Waals surface area (Å²) in [6, 6.07) is 0. The van der Waals surface area contributed by atoms with Crippen LogP contribution in [-0.4, -0.2) is 0 Å². The second-order valence-electron chi connectivity index (χ2n) is 2.04. The zero-order chi connectivity index (χ0) is 8.36. The molecule has 0 bridgehead atoms. The van der Waals surface area contributed by atoms with Crippen molar-refractivity contribution in [3.8, 4) is 0 Å². The van der Waals surface area contributed by atoms with Gasteiger partial charge < -0.3 is 6.08 Å². The van der Waals surface area contributed by atoms with Gasteiger partial charge in [-0.1, -0.05) is 25.0 Å². The summed E-state index contributed by atoms with van der Waals surface area (Å²) in [5.41, 5.74) is 0. The molecular formula is C8H11Cl2Rh. The Bertz CT molecular complexity index is 95.3. The summed E-state index contributed by atoms with van der Waals surface area (Å²) < 4.78 is 0. The summed E-state index contributed by atoms with van der Waals surface area (Å²) >= 11 is -0.226. The minimum absolute atomic E-state index is 0.226. The summed E-state index contributed by atoms with van der Waals surface area (Å²) in [5, 5.41) is 0. The van der Waals surface area contributed by atoms with Gasteiger partial charge in [-0.15, -0.1) is 0 Å². The predicted molar refractivity (Wildman–Crippen MR) is 47.1 cm³/mol. The Morgan fingerprint density at radius 1 is 1.09 bits per heavy atom. The first-order valence-corrected chi connectivity index (χ1v) is 7.67. The van der Waals surface area contributed by atoms with E-state index < -0.39 is 0 Å². The zero-order valence-electron chi connectivity index (χ0n) is 6.15. The second-order valence-corrected chi connectivity index (χ2v) is 4.53. The van der Waals surface area contributed by atoms with Crippen molar-refractivity contribution in [3.05, 3.63) is 24.3 Å². The van der Waals surface area contributed by atoms with Crippen LogP contribution in [0.3, 0.4) is 0 Å². The standard InChI is InChI=1S/C8H11.2ClH.Rh/c1-2-4-6-8-7-5-3-1;;;/h1-2,7H,3-6H2;2*1H;/q-1;;;+3/p-2. The van der Waals surface area contributed by atoms with Gasteiger partial charge in [-0.2, -0.15) is 6.42 Å². The van der Waals surface area contributed by atoms with Crippen molar-refractivity contribution < 1.29 is 15.1 Å². The van der Waals surface area contributed by atoms with Gasteiger partial charge in [0.25, 0.3) is 0 Å². The van der Waals surface area contributed by atoms with E-state index in [-0.39, 0.29) is 15.1 Å². The van der Waals surface area contributed by atoms with Crippen molar-refractivity contribution in [2.24, 2.45) is 0 Å². The van der Waals surface area contributed by atoms with Crippen molar-refractivity contribution in [2.45, 2.75) is 25.7 Å². The van der Waals surface area contributed by atoms with Gasteiger partial charge in [-0.25, -0.2) is 0 Å². The van der Waals surface area contributed by atoms with Crippen LogP contribution in [0.5, 0.6) is 0 Å². The molecule has 0 nitrogen and oxygen atoms in total. The second kappa shape index (κ2) is 10.7. The summed E-state index contributed by atoms with van der Waals surface area (Å²) in [4.78, 5) is 0. The molecule has 66 valence electrons. The van der Waals surface area contributed by atoms with Gasteiger partial charge in [0.2, 0.25) is 0 Å². The van der Waals surface area contributed by atoms with Gasteiger partial charge in [0.1, 0.15) is 0 Å². The maximum absolute atomic E-state index is 4.83. The molecule has 0 aromatic heterocycles. The molecule has 1 aliphatic rings. The number of allylic oxidation sites excluding steroid dienone is 4. The van der Waals surface area contributed by atoms with Crippen molar-refractivity contribution in [1.29, 1.82) is 0 Å². The molecule has 0 saturated heterocycles. The third-order valence-corrected chi connectivity index (χ3v) is 1.24. The molecule has 0 aromatic carbocycles. The van der Waals surface area contributed by atoms with E-state index >= 15 is 0 Å². The van der Waals surface area contributed by atoms with Crippen LogP contribution >= 0.6 is 19.4 Å². The van der Waals surface area contributed by atoms with E-state index in [0.717, 1.165) is 6.42 Å². The van der Waals surface area contributed by atoms with Crippen LogP contribution in [0.25, 0.3) is 0 Å². The first-order valence-electron chi connectivity index (χ1n) is 3.45. The molecule has 0 heterocycles. The topological polar surface area (TPSA) is 0 Å². The fraction of sp³-hybridized carbons (Fsp3) is 0.500. The molecule has 0 unspecified atom stereocenters. The van der Waals surface area contributed by atoms with Gasteiger partial charge in [0.05, 0.1) is 0 Å². The van der Waals surface area contributed by atoms with Crippen LogP contribution in [0.15, 0.2) is 18.2 Å². The molecule has 0 atom stereocenters. The number of rotatable bonds is 0. The van der Waals surface area contributed by atoms with Gasteiger partial charge in [-0.3, -0.25) is 6.08 Å². The fourth-order valence-corrected chi connectivity index (χ4v) is 0.786. The summed E-state index contributed by atoms with van der Waals surface area (Å²) in [5.74, 6) is 0. The maximum atomic E-state index is 4.83. The molecule has 0 N–H and O–H groups in total. The number of halogens is 2. The van der Waals surface area contributed by atoms with Gasteiger partial charge >= 0.3 is 34.5 Å². The van der Waals surface area contributed by atoms with Crippen molar-refractivity contribution in [1.82, 2.24) is 0 Å². The van der Waals surface area contributed by atoms with Crippen LogP contribution in [-0.2, 0) is 15.1 Å². The van der Waals surface area contributed by atoms with Crippen molar-refractivity contribution >= 4 is 19.4 Å². The normalized spacial score (nSPS) is 16.5. The third-order valence-electron chi connectivity index (χ3n) is 1.24. The van der Waals surface area contributed by atoms with Crippen molar-refractivity contribution in [2.75, 3.05) is 0 Å². The van der Waals surface area contributed by atoms with Crippen molar-refractivity contribution in [3.63, 3.8) is 0 Å². The molecule has 1 aliphatic carbocycles. The van der Waals surface area contributed by atoms with E-state index in [2.05, 4.69) is 24.3 Å². The van der Waals surface area contributed by atoms with Gasteiger partial charge in [-0.05, 0) is 6.42 Å². The molecule has 0 amide bonds. The Morgan fingerprint density at radius 3 is 2.45 bits per heavy atom. The SMILES string of the molecule is [C-]1=CCCC=CCC1.[Cl][Rh+][Cl]. The molecule has 0 aromatic rings. The summed E-state index contributed by atoms with van der Waals surface area (Å²) in [6.07, 6.45) is 14.5. The molecule has 0 fully saturated rings. The van der Waals surface area contributed by atoms with E-state index in [0.29, 0.717) is 0 Å². The Morgan fingerprint density at radius 2 is 1.73 bits per heavy atom. The molecule has 3 heteroatoms. The molecule has 0 saturated carbocycles. The van der Waals surface area contributed by atoms with E-state index in [1.807, 2.05) is 0 Å². The van der Waals surface area contributed by atoms with Crippen LogP contribution < -0.4 is 0 Å². The van der Waals surface area contributed by atoms with Gasteiger partial charge in [0.15, 0.2) is 0 Å². The molecule has 0 aliphatic heterocycles. The number of hydrogen-bond donors (Lipinski definition) is 0. The molecule has 0 spiro atoms. The number of hydrogen-bond acceptors (Lipinski definition) is 0. The molecule has 11 heavy (non-hydrogen) atoms. The van der Waals surface area contributed by atoms with Crippen LogP contribution in [0.2, 0.25) is 0 Å². The van der Waals surface area contributed by atoms with Crippen LogP contribution in [0, 0.1) is 6.08 Å². The Balaban J connectivity index is 0.000000292. The van der Waals surface area contributed by atoms with E-state index in [1.165, 1.54) is 19.3 Å². The Hall–Kier alpha value is 0.683. The molecular weight excluding hydrogens is 270 g/mol.